The number of benzene rings is 1. The molecule has 0 aliphatic rings. The Morgan fingerprint density at radius 1 is 1.35 bits per heavy atom. The number of hydrogen-bond donors (Lipinski definition) is 1. The van der Waals surface area contributed by atoms with Crippen molar-refractivity contribution in [3.63, 3.8) is 0 Å². The molecule has 20 heavy (non-hydrogen) atoms. The minimum atomic E-state index is -4.13. The average molecular weight is 312 g/mol. The lowest BCUT2D eigenvalue weighted by Gasteiger charge is -2.09. The predicted molar refractivity (Wildman–Crippen MR) is 71.2 cm³/mol. The van der Waals surface area contributed by atoms with Gasteiger partial charge in [-0.15, -0.1) is 0 Å². The van der Waals surface area contributed by atoms with Gasteiger partial charge in [0.25, 0.3) is 10.0 Å². The molecular weight excluding hydrogens is 305 g/mol. The number of aromatic nitrogens is 1. The molecule has 0 radical (unpaired) electrons. The summed E-state index contributed by atoms with van der Waals surface area (Å²) in [7, 11) is -4.13. The zero-order valence-corrected chi connectivity index (χ0v) is 11.4. The Balaban J connectivity index is 2.47. The summed E-state index contributed by atoms with van der Waals surface area (Å²) in [6.07, 6.45) is 1.33. The van der Waals surface area contributed by atoms with Gasteiger partial charge in [0.1, 0.15) is 16.8 Å². The van der Waals surface area contributed by atoms with Crippen molar-refractivity contribution >= 4 is 27.4 Å². The summed E-state index contributed by atoms with van der Waals surface area (Å²) in [5.74, 6) is -0.883. The highest BCUT2D eigenvalue weighted by atomic mass is 35.5. The largest absolute Gasteiger partial charge is 0.264 e. The van der Waals surface area contributed by atoms with Crippen molar-refractivity contribution < 1.29 is 12.8 Å². The number of hydrogen-bond acceptors (Lipinski definition) is 4. The van der Waals surface area contributed by atoms with Crippen molar-refractivity contribution in [3.05, 3.63) is 52.9 Å². The van der Waals surface area contributed by atoms with Gasteiger partial charge < -0.3 is 0 Å². The van der Waals surface area contributed by atoms with E-state index in [0.29, 0.717) is 0 Å². The van der Waals surface area contributed by atoms with Crippen molar-refractivity contribution in [1.29, 1.82) is 5.26 Å². The van der Waals surface area contributed by atoms with Crippen LogP contribution in [0.5, 0.6) is 0 Å². The zero-order valence-electron chi connectivity index (χ0n) is 9.84. The van der Waals surface area contributed by atoms with Gasteiger partial charge in [-0.3, -0.25) is 4.72 Å². The van der Waals surface area contributed by atoms with Crippen molar-refractivity contribution in [2.45, 2.75) is 4.90 Å². The molecule has 1 heterocycles. The molecule has 1 aromatic heterocycles. The van der Waals surface area contributed by atoms with Gasteiger partial charge >= 0.3 is 0 Å². The molecule has 1 N–H and O–H groups in total. The molecule has 0 fully saturated rings. The number of nitrogens with one attached hydrogen (secondary N) is 1. The molecular formula is C12H7ClFN3O2S. The molecule has 0 aliphatic heterocycles. The van der Waals surface area contributed by atoms with Crippen LogP contribution in [0.4, 0.5) is 10.2 Å². The fourth-order valence-corrected chi connectivity index (χ4v) is 2.98. The topological polar surface area (TPSA) is 82.8 Å². The summed E-state index contributed by atoms with van der Waals surface area (Å²) < 4.78 is 39.5. The first-order valence-corrected chi connectivity index (χ1v) is 7.13. The van der Waals surface area contributed by atoms with Crippen molar-refractivity contribution in [2.75, 3.05) is 4.72 Å². The standard InChI is InChI=1S/C12H7ClFN3O2S/c13-10-4-3-9(14)6-11(10)20(18,19)17-12-8(7-15)2-1-5-16-12/h1-6H,(H,16,17). The second-order valence-corrected chi connectivity index (χ2v) is 5.75. The summed E-state index contributed by atoms with van der Waals surface area (Å²) in [5.41, 5.74) is 0.0450. The van der Waals surface area contributed by atoms with E-state index in [1.807, 2.05) is 0 Å². The monoisotopic (exact) mass is 311 g/mol. The highest BCUT2D eigenvalue weighted by Gasteiger charge is 2.20. The zero-order chi connectivity index (χ0) is 14.8. The van der Waals surface area contributed by atoms with E-state index < -0.39 is 20.7 Å². The van der Waals surface area contributed by atoms with E-state index in [2.05, 4.69) is 9.71 Å². The number of pyridine rings is 1. The summed E-state index contributed by atoms with van der Waals surface area (Å²) >= 11 is 5.75. The molecule has 2 rings (SSSR count). The van der Waals surface area contributed by atoms with Gasteiger partial charge in [-0.05, 0) is 30.3 Å². The maximum atomic E-state index is 13.1. The third-order valence-electron chi connectivity index (χ3n) is 2.34. The highest BCUT2D eigenvalue weighted by molar-refractivity contribution is 7.92. The average Bonchev–Trinajstić information content (AvgIpc) is 2.41. The molecule has 0 aliphatic carbocycles. The van der Waals surface area contributed by atoms with Crippen LogP contribution in [0.25, 0.3) is 0 Å². The summed E-state index contributed by atoms with van der Waals surface area (Å²) in [6, 6.07) is 7.66. The SMILES string of the molecule is N#Cc1cccnc1NS(=O)(=O)c1cc(F)ccc1Cl. The molecule has 102 valence electrons. The van der Waals surface area contributed by atoms with Crippen LogP contribution < -0.4 is 4.72 Å². The third kappa shape index (κ3) is 2.87. The van der Waals surface area contributed by atoms with E-state index in [-0.39, 0.29) is 16.4 Å². The van der Waals surface area contributed by atoms with E-state index in [1.165, 1.54) is 18.3 Å². The molecule has 0 spiro atoms. The van der Waals surface area contributed by atoms with E-state index >= 15 is 0 Å². The van der Waals surface area contributed by atoms with Crippen LogP contribution >= 0.6 is 11.6 Å². The maximum absolute atomic E-state index is 13.1. The molecule has 0 saturated carbocycles. The van der Waals surface area contributed by atoms with Crippen LogP contribution in [0, 0.1) is 17.1 Å². The van der Waals surface area contributed by atoms with Crippen molar-refractivity contribution in [2.24, 2.45) is 0 Å². The Kier molecular flexibility index (Phi) is 3.88. The first kappa shape index (κ1) is 14.2. The second-order valence-electron chi connectivity index (χ2n) is 3.69. The van der Waals surface area contributed by atoms with Gasteiger partial charge in [0, 0.05) is 6.20 Å². The van der Waals surface area contributed by atoms with Crippen LogP contribution in [-0.2, 0) is 10.0 Å². The van der Waals surface area contributed by atoms with Gasteiger partial charge in [0.2, 0.25) is 0 Å². The summed E-state index contributed by atoms with van der Waals surface area (Å²) in [6.45, 7) is 0. The molecule has 0 saturated heterocycles. The van der Waals surface area contributed by atoms with E-state index in [0.717, 1.165) is 18.2 Å². The first-order valence-electron chi connectivity index (χ1n) is 5.27. The highest BCUT2D eigenvalue weighted by Crippen LogP contribution is 2.24. The minimum Gasteiger partial charge on any atom is -0.262 e. The Morgan fingerprint density at radius 3 is 2.80 bits per heavy atom. The number of rotatable bonds is 3. The smallest absolute Gasteiger partial charge is 0.262 e. The number of nitriles is 1. The number of nitrogens with zero attached hydrogens (tertiary/aromatic N) is 2. The number of halogens is 2. The third-order valence-corrected chi connectivity index (χ3v) is 4.16. The van der Waals surface area contributed by atoms with Crippen LogP contribution in [0.3, 0.4) is 0 Å². The summed E-state index contributed by atoms with van der Waals surface area (Å²) in [5, 5.41) is 8.74. The number of anilines is 1. The van der Waals surface area contributed by atoms with E-state index in [4.69, 9.17) is 16.9 Å². The van der Waals surface area contributed by atoms with Crippen molar-refractivity contribution in [3.8, 4) is 6.07 Å². The Labute approximate surface area is 119 Å². The van der Waals surface area contributed by atoms with Gasteiger partial charge in [-0.25, -0.2) is 17.8 Å². The number of sulfonamides is 1. The van der Waals surface area contributed by atoms with Gasteiger partial charge in [0.05, 0.1) is 10.6 Å². The molecule has 0 amide bonds. The lowest BCUT2D eigenvalue weighted by atomic mass is 10.3. The quantitative estimate of drug-likeness (QED) is 0.944. The molecule has 1 aromatic carbocycles. The lowest BCUT2D eigenvalue weighted by Crippen LogP contribution is -2.15. The summed E-state index contributed by atoms with van der Waals surface area (Å²) in [4.78, 5) is 3.34. The first-order chi connectivity index (χ1) is 9.44. The maximum Gasteiger partial charge on any atom is 0.264 e. The Bertz CT molecular complexity index is 803. The Hall–Kier alpha value is -2.17. The van der Waals surface area contributed by atoms with Gasteiger partial charge in [-0.1, -0.05) is 11.6 Å². The molecule has 0 atom stereocenters. The minimum absolute atomic E-state index is 0.0450. The van der Waals surface area contributed by atoms with Crippen molar-refractivity contribution in [1.82, 2.24) is 4.98 Å². The molecule has 8 heteroatoms. The molecule has 2 aromatic rings. The molecule has 5 nitrogen and oxygen atoms in total. The fourth-order valence-electron chi connectivity index (χ4n) is 1.44. The van der Waals surface area contributed by atoms with Crippen LogP contribution in [-0.4, -0.2) is 13.4 Å². The second kappa shape index (κ2) is 5.45. The molecule has 0 bridgehead atoms. The normalized spacial score (nSPS) is 10.8. The predicted octanol–water partition coefficient (Wildman–Crippen LogP) is 2.55. The lowest BCUT2D eigenvalue weighted by molar-refractivity contribution is 0.595. The van der Waals surface area contributed by atoms with E-state index in [9.17, 15) is 12.8 Å². The molecule has 0 unspecified atom stereocenters. The van der Waals surface area contributed by atoms with Gasteiger partial charge in [0.15, 0.2) is 5.82 Å². The fraction of sp³-hybridized carbons (Fsp3) is 0. The Morgan fingerprint density at radius 2 is 2.10 bits per heavy atom. The van der Waals surface area contributed by atoms with Gasteiger partial charge in [-0.2, -0.15) is 5.26 Å². The van der Waals surface area contributed by atoms with Crippen LogP contribution in [0.15, 0.2) is 41.4 Å². The van der Waals surface area contributed by atoms with Crippen LogP contribution in [0.1, 0.15) is 5.56 Å². The van der Waals surface area contributed by atoms with Crippen LogP contribution in [0.2, 0.25) is 5.02 Å². The van der Waals surface area contributed by atoms with E-state index in [1.54, 1.807) is 6.07 Å².